The van der Waals surface area contributed by atoms with Crippen molar-refractivity contribution in [2.75, 3.05) is 6.16 Å². The summed E-state index contributed by atoms with van der Waals surface area (Å²) in [7, 11) is -3.19. The lowest BCUT2D eigenvalue weighted by atomic mass is 9.85. The summed E-state index contributed by atoms with van der Waals surface area (Å²) in [6, 6.07) is 8.79. The zero-order valence-corrected chi connectivity index (χ0v) is 25.1. The summed E-state index contributed by atoms with van der Waals surface area (Å²) in [5, 5.41) is 0. The summed E-state index contributed by atoms with van der Waals surface area (Å²) >= 11 is 1.70. The highest BCUT2D eigenvalue weighted by molar-refractivity contribution is 7.99. The van der Waals surface area contributed by atoms with Gasteiger partial charge in [-0.1, -0.05) is 98.0 Å². The molecule has 0 fully saturated rings. The Morgan fingerprint density at radius 3 is 1.57 bits per heavy atom. The molecule has 2 aromatic carbocycles. The van der Waals surface area contributed by atoms with E-state index < -0.39 is 7.94 Å². The Labute approximate surface area is 219 Å². The van der Waals surface area contributed by atoms with Gasteiger partial charge in [0.1, 0.15) is 0 Å². The van der Waals surface area contributed by atoms with Crippen molar-refractivity contribution in [2.24, 2.45) is 0 Å². The van der Waals surface area contributed by atoms with Gasteiger partial charge in [0.15, 0.2) is 17.7 Å². The van der Waals surface area contributed by atoms with Crippen molar-refractivity contribution in [2.45, 2.75) is 121 Å². The molecule has 1 aliphatic rings. The largest absolute Gasteiger partial charge is 0.495 e. The molecule has 0 amide bonds. The predicted molar refractivity (Wildman–Crippen MR) is 153 cm³/mol. The first-order valence-electron chi connectivity index (χ1n) is 13.2. The molecule has 2 aromatic rings. The fourth-order valence-corrected chi connectivity index (χ4v) is 7.69. The third-order valence-electron chi connectivity index (χ3n) is 6.50. The van der Waals surface area contributed by atoms with Gasteiger partial charge in [0.25, 0.3) is 0 Å². The third kappa shape index (κ3) is 7.18. The van der Waals surface area contributed by atoms with Crippen LogP contribution in [0.25, 0.3) is 0 Å². The Bertz CT molecular complexity index is 962. The molecule has 1 heterocycles. The van der Waals surface area contributed by atoms with Gasteiger partial charge in [0.05, 0.1) is 9.79 Å². The molecule has 1 N–H and O–H groups in total. The van der Waals surface area contributed by atoms with Gasteiger partial charge in [-0.2, -0.15) is 4.89 Å². The van der Waals surface area contributed by atoms with Crippen molar-refractivity contribution >= 4 is 19.7 Å². The van der Waals surface area contributed by atoms with Crippen LogP contribution in [-0.2, 0) is 10.8 Å². The van der Waals surface area contributed by atoms with Crippen LogP contribution in [0.15, 0.2) is 34.1 Å². The van der Waals surface area contributed by atoms with E-state index >= 15 is 0 Å². The standard InChI is InChI=1S/C30H46O3PS/c1-10-11-12-13-14-15-16-34(31)32-27-23(29(4,5)6)17-21(2)19-25(27)35-26-20-22(3)18-24(28(26)33-34)30(7,8)9/h17-20,31H,10-16H2,1-9H3/q+1. The Kier molecular flexibility index (Phi) is 8.94. The van der Waals surface area contributed by atoms with Crippen molar-refractivity contribution < 1.29 is 13.9 Å². The van der Waals surface area contributed by atoms with E-state index in [1.165, 1.54) is 36.8 Å². The normalized spacial score (nSPS) is 15.4. The lowest BCUT2D eigenvalue weighted by molar-refractivity contribution is 0.328. The van der Waals surface area contributed by atoms with Gasteiger partial charge in [0.2, 0.25) is 0 Å². The lowest BCUT2D eigenvalue weighted by Crippen LogP contribution is -2.21. The van der Waals surface area contributed by atoms with Crippen molar-refractivity contribution in [3.63, 3.8) is 0 Å². The number of unbranched alkanes of at least 4 members (excludes halogenated alkanes) is 5. The van der Waals surface area contributed by atoms with E-state index in [1.54, 1.807) is 11.8 Å². The molecule has 3 rings (SSSR count). The van der Waals surface area contributed by atoms with Gasteiger partial charge in [-0.3, -0.25) is 9.05 Å². The highest BCUT2D eigenvalue weighted by Gasteiger charge is 2.48. The first-order chi connectivity index (χ1) is 16.2. The van der Waals surface area contributed by atoms with Gasteiger partial charge in [-0.15, -0.1) is 0 Å². The van der Waals surface area contributed by atoms with E-state index in [1.807, 2.05) is 0 Å². The van der Waals surface area contributed by atoms with Crippen LogP contribution in [0.1, 0.15) is 109 Å². The van der Waals surface area contributed by atoms with Gasteiger partial charge in [0, 0.05) is 11.1 Å². The first kappa shape index (κ1) is 28.4. The van der Waals surface area contributed by atoms with Crippen LogP contribution in [0.4, 0.5) is 0 Å². The number of fused-ring (bicyclic) bond motifs is 2. The zero-order chi connectivity index (χ0) is 26.0. The van der Waals surface area contributed by atoms with E-state index in [0.717, 1.165) is 45.3 Å². The minimum atomic E-state index is -3.19. The molecule has 0 spiro atoms. The molecule has 0 unspecified atom stereocenters. The molecule has 35 heavy (non-hydrogen) atoms. The molecule has 0 radical (unpaired) electrons. The van der Waals surface area contributed by atoms with Gasteiger partial charge in [-0.05, 0) is 60.8 Å². The monoisotopic (exact) mass is 517 g/mol. The molecule has 0 atom stereocenters. The van der Waals surface area contributed by atoms with Gasteiger partial charge < -0.3 is 0 Å². The van der Waals surface area contributed by atoms with Gasteiger partial charge >= 0.3 is 7.94 Å². The summed E-state index contributed by atoms with van der Waals surface area (Å²) in [5.41, 5.74) is 4.41. The quantitative estimate of drug-likeness (QED) is 0.293. The SMILES string of the molecule is CCCCCCCC[P+]1(O)Oc2c(cc(C)cc2C(C)(C)C)Sc2cc(C)cc(C(C)(C)C)c2O1. The number of hydrogen-bond donors (Lipinski definition) is 1. The molecule has 194 valence electrons. The minimum Gasteiger partial charge on any atom is -0.276 e. The van der Waals surface area contributed by atoms with Crippen molar-refractivity contribution in [3.05, 3.63) is 46.5 Å². The second-order valence-electron chi connectivity index (χ2n) is 12.2. The fourth-order valence-electron chi connectivity index (χ4n) is 4.54. The van der Waals surface area contributed by atoms with Crippen LogP contribution in [0.2, 0.25) is 0 Å². The minimum absolute atomic E-state index is 0.118. The molecule has 1 aliphatic heterocycles. The first-order valence-corrected chi connectivity index (χ1v) is 15.8. The van der Waals surface area contributed by atoms with E-state index in [4.69, 9.17) is 9.05 Å². The van der Waals surface area contributed by atoms with E-state index in [9.17, 15) is 4.89 Å². The van der Waals surface area contributed by atoms with Crippen molar-refractivity contribution in [1.29, 1.82) is 0 Å². The van der Waals surface area contributed by atoms with E-state index in [-0.39, 0.29) is 10.8 Å². The molecule has 3 nitrogen and oxygen atoms in total. The van der Waals surface area contributed by atoms with Crippen LogP contribution in [0, 0.1) is 13.8 Å². The Balaban J connectivity index is 2.13. The average Bonchev–Trinajstić information content (AvgIpc) is 2.71. The van der Waals surface area contributed by atoms with Crippen LogP contribution < -0.4 is 9.05 Å². The number of aryl methyl sites for hydroxylation is 2. The maximum absolute atomic E-state index is 12.0. The van der Waals surface area contributed by atoms with Crippen LogP contribution in [0.3, 0.4) is 0 Å². The summed E-state index contributed by atoms with van der Waals surface area (Å²) in [4.78, 5) is 14.2. The van der Waals surface area contributed by atoms with Crippen LogP contribution >= 0.6 is 19.7 Å². The smallest absolute Gasteiger partial charge is 0.276 e. The maximum atomic E-state index is 12.0. The number of benzene rings is 2. The Morgan fingerprint density at radius 1 is 0.714 bits per heavy atom. The molecule has 5 heteroatoms. The third-order valence-corrected chi connectivity index (χ3v) is 9.36. The fraction of sp³-hybridized carbons (Fsp3) is 0.600. The summed E-state index contributed by atoms with van der Waals surface area (Å²) in [6.07, 6.45) is 7.47. The molecule has 0 aliphatic carbocycles. The zero-order valence-electron chi connectivity index (χ0n) is 23.4. The summed E-state index contributed by atoms with van der Waals surface area (Å²) in [5.74, 6) is 1.58. The van der Waals surface area contributed by atoms with Crippen molar-refractivity contribution in [1.82, 2.24) is 0 Å². The second-order valence-corrected chi connectivity index (χ2v) is 15.4. The number of rotatable bonds is 7. The molecule has 0 bridgehead atoms. The number of hydrogen-bond acceptors (Lipinski definition) is 4. The van der Waals surface area contributed by atoms with Gasteiger partial charge in [-0.25, -0.2) is 0 Å². The highest BCUT2D eigenvalue weighted by atomic mass is 32.2. The van der Waals surface area contributed by atoms with Crippen LogP contribution in [0.5, 0.6) is 11.5 Å². The van der Waals surface area contributed by atoms with E-state index in [0.29, 0.717) is 6.16 Å². The predicted octanol–water partition coefficient (Wildman–Crippen LogP) is 9.94. The van der Waals surface area contributed by atoms with E-state index in [2.05, 4.69) is 86.6 Å². The topological polar surface area (TPSA) is 38.7 Å². The molecular weight excluding hydrogens is 471 g/mol. The average molecular weight is 518 g/mol. The lowest BCUT2D eigenvalue weighted by Gasteiger charge is -2.31. The van der Waals surface area contributed by atoms with Crippen LogP contribution in [-0.4, -0.2) is 11.1 Å². The Hall–Kier alpha value is -1.22. The Morgan fingerprint density at radius 2 is 1.14 bits per heavy atom. The summed E-state index contributed by atoms with van der Waals surface area (Å²) < 4.78 is 13.3. The molecule has 0 saturated heterocycles. The summed E-state index contributed by atoms with van der Waals surface area (Å²) in [6.45, 7) is 19.7. The highest BCUT2D eigenvalue weighted by Crippen LogP contribution is 2.64. The van der Waals surface area contributed by atoms with Crippen molar-refractivity contribution in [3.8, 4) is 11.5 Å². The second kappa shape index (κ2) is 11.0. The maximum Gasteiger partial charge on any atom is 0.495 e. The molecule has 0 aromatic heterocycles. The molecule has 0 saturated carbocycles. The molecular formula is C30H46O3PS+.